The molecule has 10 nitrogen and oxygen atoms in total. The number of hydrogen-bond donors (Lipinski definition) is 2. The van der Waals surface area contributed by atoms with Crippen LogP contribution in [0, 0.1) is 11.8 Å². The summed E-state index contributed by atoms with van der Waals surface area (Å²) in [6.07, 6.45) is 6.58. The number of carbonyl (C=O) groups excluding carboxylic acids is 2. The van der Waals surface area contributed by atoms with E-state index in [2.05, 4.69) is 21.8 Å². The van der Waals surface area contributed by atoms with Crippen molar-refractivity contribution in [1.29, 1.82) is 0 Å². The fourth-order valence-electron chi connectivity index (χ4n) is 7.21. The Balaban J connectivity index is 0.994. The minimum absolute atomic E-state index is 0.0513. The number of nitrogens with one attached hydrogen (secondary N) is 2. The third-order valence-corrected chi connectivity index (χ3v) is 9.47. The van der Waals surface area contributed by atoms with Crippen molar-refractivity contribution in [2.24, 2.45) is 0 Å². The first-order valence-electron chi connectivity index (χ1n) is 16.0. The van der Waals surface area contributed by atoms with Crippen molar-refractivity contribution in [3.8, 4) is 11.8 Å². The van der Waals surface area contributed by atoms with Gasteiger partial charge in [-0.3, -0.25) is 9.59 Å². The Hall–Kier alpha value is -4.20. The Morgan fingerprint density at radius 2 is 1.16 bits per heavy atom. The summed E-state index contributed by atoms with van der Waals surface area (Å²) >= 11 is 0. The Bertz CT molecular complexity index is 1660. The minimum atomic E-state index is -0.313. The lowest BCUT2D eigenvalue weighted by Gasteiger charge is -2.25. The minimum Gasteiger partial charge on any atom is -0.368 e. The van der Waals surface area contributed by atoms with E-state index < -0.39 is 0 Å². The summed E-state index contributed by atoms with van der Waals surface area (Å²) in [6.45, 7) is 2.81. The molecule has 4 saturated heterocycles. The topological polar surface area (TPSA) is 116 Å². The van der Waals surface area contributed by atoms with Gasteiger partial charge in [-0.1, -0.05) is 11.8 Å². The molecular weight excluding hydrogens is 556 g/mol. The zero-order valence-corrected chi connectivity index (χ0v) is 24.7. The molecule has 226 valence electrons. The molecule has 0 unspecified atom stereocenters. The predicted octanol–water partition coefficient (Wildman–Crippen LogP) is 4.52. The van der Waals surface area contributed by atoms with Crippen LogP contribution in [-0.2, 0) is 19.1 Å². The standard InChI is InChI=1S/C34H36N6O4/c41-33(29-7-3-17-43-29)39-15-1-5-27(39)31-35-23-13-11-21(19-25(23)37-31)9-10-22-12-14-24-26(20-22)38-32(36-24)28-6-2-16-40(28)34(42)30-8-4-18-44-30/h11-14,19-20,27-30H,1-8,15-18H2,(H,35,37)(H,36,38)/t27-,28-,29-,30-/m0/s1. The molecule has 0 radical (unpaired) electrons. The van der Waals surface area contributed by atoms with E-state index in [0.717, 1.165) is 109 Å². The van der Waals surface area contributed by atoms with Crippen LogP contribution in [0.2, 0.25) is 0 Å². The molecule has 4 aromatic rings. The number of H-pyrrole nitrogens is 2. The zero-order valence-electron chi connectivity index (χ0n) is 24.7. The van der Waals surface area contributed by atoms with Crippen LogP contribution in [-0.4, -0.2) is 80.1 Å². The monoisotopic (exact) mass is 592 g/mol. The summed E-state index contributed by atoms with van der Waals surface area (Å²) in [7, 11) is 0. The van der Waals surface area contributed by atoms with Crippen LogP contribution in [0.5, 0.6) is 0 Å². The van der Waals surface area contributed by atoms with Crippen molar-refractivity contribution >= 4 is 33.9 Å². The Morgan fingerprint density at radius 3 is 1.59 bits per heavy atom. The van der Waals surface area contributed by atoms with Crippen LogP contribution >= 0.6 is 0 Å². The highest BCUT2D eigenvalue weighted by molar-refractivity contribution is 5.83. The third kappa shape index (κ3) is 5.04. The van der Waals surface area contributed by atoms with Gasteiger partial charge in [-0.15, -0.1) is 0 Å². The highest BCUT2D eigenvalue weighted by atomic mass is 16.5. The maximum absolute atomic E-state index is 13.1. The van der Waals surface area contributed by atoms with Gasteiger partial charge in [-0.2, -0.15) is 0 Å². The number of fused-ring (bicyclic) bond motifs is 2. The Kier molecular flexibility index (Phi) is 7.07. The molecule has 0 saturated carbocycles. The van der Waals surface area contributed by atoms with Crippen LogP contribution in [0.25, 0.3) is 22.1 Å². The molecule has 2 N–H and O–H groups in total. The lowest BCUT2D eigenvalue weighted by Crippen LogP contribution is -2.38. The molecule has 2 aromatic carbocycles. The average molecular weight is 593 g/mol. The molecule has 0 bridgehead atoms. The van der Waals surface area contributed by atoms with Gasteiger partial charge in [0.15, 0.2) is 0 Å². The van der Waals surface area contributed by atoms with E-state index in [0.29, 0.717) is 13.2 Å². The van der Waals surface area contributed by atoms with Crippen molar-refractivity contribution < 1.29 is 19.1 Å². The van der Waals surface area contributed by atoms with Crippen LogP contribution in [0.15, 0.2) is 36.4 Å². The fourth-order valence-corrected chi connectivity index (χ4v) is 7.21. The van der Waals surface area contributed by atoms with Gasteiger partial charge in [0.25, 0.3) is 11.8 Å². The molecule has 0 spiro atoms. The largest absolute Gasteiger partial charge is 0.368 e. The summed E-state index contributed by atoms with van der Waals surface area (Å²) in [4.78, 5) is 46.7. The predicted molar refractivity (Wildman–Crippen MR) is 163 cm³/mol. The number of aromatic nitrogens is 4. The first-order valence-corrected chi connectivity index (χ1v) is 16.0. The van der Waals surface area contributed by atoms with Gasteiger partial charge in [-0.05, 0) is 87.8 Å². The molecule has 4 aliphatic heterocycles. The molecule has 2 amide bonds. The van der Waals surface area contributed by atoms with E-state index in [-0.39, 0.29) is 36.1 Å². The van der Waals surface area contributed by atoms with Gasteiger partial charge in [0.05, 0.1) is 34.2 Å². The van der Waals surface area contributed by atoms with E-state index >= 15 is 0 Å². The van der Waals surface area contributed by atoms with E-state index in [1.54, 1.807) is 0 Å². The fraction of sp³-hybridized carbons (Fsp3) is 0.471. The number of likely N-dealkylation sites (tertiary alicyclic amines) is 2. The summed E-state index contributed by atoms with van der Waals surface area (Å²) < 4.78 is 11.3. The SMILES string of the molecule is O=C([C@@H]1CCCO1)N1CCC[C@H]1c1nc2cc(C#Cc3ccc4[nH]c([C@@H]5CCCN5C(=O)[C@@H]5CCCO5)nc4c3)ccc2[nH]1. The van der Waals surface area contributed by atoms with Crippen LogP contribution in [0.4, 0.5) is 0 Å². The van der Waals surface area contributed by atoms with Gasteiger partial charge < -0.3 is 29.2 Å². The molecule has 44 heavy (non-hydrogen) atoms. The number of amides is 2. The zero-order chi connectivity index (χ0) is 29.6. The highest BCUT2D eigenvalue weighted by Crippen LogP contribution is 2.35. The number of benzene rings is 2. The van der Waals surface area contributed by atoms with Crippen molar-refractivity contribution in [2.45, 2.75) is 75.7 Å². The first-order chi connectivity index (χ1) is 21.6. The molecule has 2 aromatic heterocycles. The molecule has 4 atom stereocenters. The summed E-state index contributed by atoms with van der Waals surface area (Å²) in [5.74, 6) is 8.40. The van der Waals surface area contributed by atoms with Gasteiger partial charge in [0, 0.05) is 37.4 Å². The number of carbonyl (C=O) groups is 2. The Morgan fingerprint density at radius 1 is 0.682 bits per heavy atom. The summed E-state index contributed by atoms with van der Waals surface area (Å²) in [5, 5.41) is 0. The van der Waals surface area contributed by atoms with Gasteiger partial charge in [-0.25, -0.2) is 9.97 Å². The normalized spacial score (nSPS) is 25.3. The first kappa shape index (κ1) is 27.4. The van der Waals surface area contributed by atoms with E-state index in [9.17, 15) is 9.59 Å². The molecule has 10 heteroatoms. The molecule has 6 heterocycles. The van der Waals surface area contributed by atoms with Crippen LogP contribution in [0.1, 0.15) is 86.2 Å². The van der Waals surface area contributed by atoms with Crippen molar-refractivity contribution in [2.75, 3.05) is 26.3 Å². The molecule has 8 rings (SSSR count). The number of hydrogen-bond acceptors (Lipinski definition) is 6. The van der Waals surface area contributed by atoms with Crippen molar-refractivity contribution in [1.82, 2.24) is 29.7 Å². The molecule has 0 aliphatic carbocycles. The number of ether oxygens (including phenoxy) is 2. The van der Waals surface area contributed by atoms with E-state index in [4.69, 9.17) is 19.4 Å². The van der Waals surface area contributed by atoms with E-state index in [1.807, 2.05) is 46.2 Å². The lowest BCUT2D eigenvalue weighted by molar-refractivity contribution is -0.142. The number of rotatable bonds is 4. The number of imidazole rings is 2. The quantitative estimate of drug-likeness (QED) is 0.337. The average Bonchev–Trinajstić information content (AvgIpc) is 3.89. The third-order valence-electron chi connectivity index (χ3n) is 9.47. The lowest BCUT2D eigenvalue weighted by atomic mass is 10.1. The van der Waals surface area contributed by atoms with Crippen LogP contribution < -0.4 is 0 Å². The van der Waals surface area contributed by atoms with Gasteiger partial charge >= 0.3 is 0 Å². The smallest absolute Gasteiger partial charge is 0.252 e. The van der Waals surface area contributed by atoms with Gasteiger partial charge in [0.2, 0.25) is 0 Å². The molecule has 4 aliphatic rings. The summed E-state index contributed by atoms with van der Waals surface area (Å²) in [5.41, 5.74) is 5.29. The van der Waals surface area contributed by atoms with Crippen molar-refractivity contribution in [3.05, 3.63) is 59.2 Å². The van der Waals surface area contributed by atoms with Crippen molar-refractivity contribution in [3.63, 3.8) is 0 Å². The highest BCUT2D eigenvalue weighted by Gasteiger charge is 2.38. The second-order valence-electron chi connectivity index (χ2n) is 12.3. The second kappa shape index (κ2) is 11.4. The maximum Gasteiger partial charge on any atom is 0.252 e. The Labute approximate surface area is 255 Å². The second-order valence-corrected chi connectivity index (χ2v) is 12.3. The summed E-state index contributed by atoms with van der Waals surface area (Å²) in [6, 6.07) is 11.9. The maximum atomic E-state index is 13.1. The van der Waals surface area contributed by atoms with E-state index in [1.165, 1.54) is 0 Å². The number of nitrogens with zero attached hydrogens (tertiary/aromatic N) is 4. The number of aromatic amines is 2. The van der Waals surface area contributed by atoms with Crippen LogP contribution in [0.3, 0.4) is 0 Å². The molecule has 4 fully saturated rings. The van der Waals surface area contributed by atoms with Gasteiger partial charge in [0.1, 0.15) is 23.9 Å². The molecular formula is C34H36N6O4.